The minimum absolute atomic E-state index is 0.267. The molecule has 1 heterocycles. The molecular formula is C14H21N3O2S. The van der Waals surface area contributed by atoms with Gasteiger partial charge in [0.2, 0.25) is 0 Å². The van der Waals surface area contributed by atoms with Crippen LogP contribution in [0.15, 0.2) is 5.38 Å². The van der Waals surface area contributed by atoms with Gasteiger partial charge < -0.3 is 9.64 Å². The zero-order valence-electron chi connectivity index (χ0n) is 12.5. The number of anilines is 1. The van der Waals surface area contributed by atoms with Gasteiger partial charge in [-0.3, -0.25) is 4.79 Å². The second-order valence-corrected chi connectivity index (χ2v) is 5.69. The van der Waals surface area contributed by atoms with Crippen molar-refractivity contribution in [2.45, 2.75) is 39.5 Å². The Morgan fingerprint density at radius 3 is 2.80 bits per heavy atom. The fraction of sp³-hybridized carbons (Fsp3) is 0.643. The van der Waals surface area contributed by atoms with Crippen LogP contribution >= 0.6 is 11.3 Å². The SMILES string of the molecule is CCOC(=O)C(C)(C)c1csc(N(CC)CCC#N)n1. The molecule has 0 saturated carbocycles. The van der Waals surface area contributed by atoms with Crippen molar-refractivity contribution in [1.29, 1.82) is 5.26 Å². The topological polar surface area (TPSA) is 66.2 Å². The molecule has 0 fully saturated rings. The van der Waals surface area contributed by atoms with Crippen molar-refractivity contribution >= 4 is 22.4 Å². The van der Waals surface area contributed by atoms with Crippen molar-refractivity contribution in [2.24, 2.45) is 0 Å². The molecule has 0 aliphatic carbocycles. The van der Waals surface area contributed by atoms with Gasteiger partial charge >= 0.3 is 5.97 Å². The summed E-state index contributed by atoms with van der Waals surface area (Å²) in [5.41, 5.74) is -0.0364. The summed E-state index contributed by atoms with van der Waals surface area (Å²) in [5, 5.41) is 11.4. The molecule has 1 aromatic heterocycles. The van der Waals surface area contributed by atoms with Crippen molar-refractivity contribution in [3.8, 4) is 6.07 Å². The number of rotatable bonds is 7. The van der Waals surface area contributed by atoms with E-state index < -0.39 is 5.41 Å². The minimum Gasteiger partial charge on any atom is -0.465 e. The summed E-state index contributed by atoms with van der Waals surface area (Å²) >= 11 is 1.49. The van der Waals surface area contributed by atoms with Gasteiger partial charge in [-0.25, -0.2) is 4.98 Å². The maximum atomic E-state index is 12.0. The highest BCUT2D eigenvalue weighted by molar-refractivity contribution is 7.13. The summed E-state index contributed by atoms with van der Waals surface area (Å²) in [7, 11) is 0. The number of carbonyl (C=O) groups is 1. The molecule has 0 amide bonds. The number of carbonyl (C=O) groups excluding carboxylic acids is 1. The molecule has 0 atom stereocenters. The number of thiazole rings is 1. The molecule has 0 aliphatic heterocycles. The van der Waals surface area contributed by atoms with Crippen LogP contribution in [-0.4, -0.2) is 30.6 Å². The molecule has 0 unspecified atom stereocenters. The molecule has 0 aromatic carbocycles. The van der Waals surface area contributed by atoms with Crippen LogP contribution in [0.2, 0.25) is 0 Å². The van der Waals surface area contributed by atoms with Gasteiger partial charge in [-0.1, -0.05) is 0 Å². The van der Waals surface area contributed by atoms with E-state index in [1.807, 2.05) is 31.1 Å². The predicted molar refractivity (Wildman–Crippen MR) is 79.9 cm³/mol. The lowest BCUT2D eigenvalue weighted by Gasteiger charge is -2.21. The molecule has 1 rings (SSSR count). The lowest BCUT2D eigenvalue weighted by molar-refractivity contribution is -0.148. The molecule has 1 aromatic rings. The Labute approximate surface area is 124 Å². The fourth-order valence-corrected chi connectivity index (χ4v) is 2.77. The fourth-order valence-electron chi connectivity index (χ4n) is 1.69. The van der Waals surface area contributed by atoms with Crippen LogP contribution < -0.4 is 4.90 Å². The van der Waals surface area contributed by atoms with Gasteiger partial charge in [-0.2, -0.15) is 5.26 Å². The van der Waals surface area contributed by atoms with Crippen molar-refractivity contribution in [3.63, 3.8) is 0 Å². The molecule has 20 heavy (non-hydrogen) atoms. The minimum atomic E-state index is -0.751. The van der Waals surface area contributed by atoms with Crippen LogP contribution in [0, 0.1) is 11.3 Å². The quantitative estimate of drug-likeness (QED) is 0.724. The molecule has 0 N–H and O–H groups in total. The van der Waals surface area contributed by atoms with Gasteiger partial charge in [0.15, 0.2) is 5.13 Å². The van der Waals surface area contributed by atoms with Crippen LogP contribution in [0.5, 0.6) is 0 Å². The largest absolute Gasteiger partial charge is 0.465 e. The van der Waals surface area contributed by atoms with Crippen molar-refractivity contribution < 1.29 is 9.53 Å². The average Bonchev–Trinajstić information content (AvgIpc) is 2.90. The maximum Gasteiger partial charge on any atom is 0.317 e. The van der Waals surface area contributed by atoms with E-state index in [2.05, 4.69) is 11.1 Å². The number of esters is 1. The lowest BCUT2D eigenvalue weighted by Crippen LogP contribution is -2.32. The van der Waals surface area contributed by atoms with E-state index in [1.165, 1.54) is 11.3 Å². The Hall–Kier alpha value is -1.61. The Morgan fingerprint density at radius 2 is 2.25 bits per heavy atom. The summed E-state index contributed by atoms with van der Waals surface area (Å²) in [6.45, 7) is 9.25. The third-order valence-electron chi connectivity index (χ3n) is 3.06. The van der Waals surface area contributed by atoms with E-state index in [-0.39, 0.29) is 5.97 Å². The average molecular weight is 295 g/mol. The first-order valence-corrected chi connectivity index (χ1v) is 7.60. The number of nitrogens with zero attached hydrogens (tertiary/aromatic N) is 3. The second-order valence-electron chi connectivity index (χ2n) is 4.85. The Morgan fingerprint density at radius 1 is 1.55 bits per heavy atom. The maximum absolute atomic E-state index is 12.0. The van der Waals surface area contributed by atoms with Crippen LogP contribution in [0.4, 0.5) is 5.13 Å². The van der Waals surface area contributed by atoms with Gasteiger partial charge in [0.05, 0.1) is 24.8 Å². The third kappa shape index (κ3) is 3.70. The van der Waals surface area contributed by atoms with E-state index in [0.29, 0.717) is 25.3 Å². The number of nitriles is 1. The Balaban J connectivity index is 2.90. The smallest absolute Gasteiger partial charge is 0.317 e. The standard InChI is InChI=1S/C14H21N3O2S/c1-5-17(9-7-8-15)13-16-11(10-20-13)14(3,4)12(18)19-6-2/h10H,5-7,9H2,1-4H3. The summed E-state index contributed by atoms with van der Waals surface area (Å²) < 4.78 is 5.09. The first-order chi connectivity index (χ1) is 9.47. The third-order valence-corrected chi connectivity index (χ3v) is 3.97. The van der Waals surface area contributed by atoms with Crippen LogP contribution in [-0.2, 0) is 14.9 Å². The van der Waals surface area contributed by atoms with E-state index in [1.54, 1.807) is 6.92 Å². The first kappa shape index (κ1) is 16.4. The molecule has 5 nitrogen and oxygen atoms in total. The zero-order valence-corrected chi connectivity index (χ0v) is 13.3. The molecule has 0 saturated heterocycles. The Bertz CT molecular complexity index is 491. The van der Waals surface area contributed by atoms with Gasteiger partial charge in [0, 0.05) is 18.5 Å². The highest BCUT2D eigenvalue weighted by Gasteiger charge is 2.34. The monoisotopic (exact) mass is 295 g/mol. The molecule has 110 valence electrons. The molecule has 0 spiro atoms. The zero-order chi connectivity index (χ0) is 15.2. The van der Waals surface area contributed by atoms with E-state index in [4.69, 9.17) is 10.00 Å². The summed E-state index contributed by atoms with van der Waals surface area (Å²) in [5.74, 6) is -0.267. The van der Waals surface area contributed by atoms with Crippen LogP contribution in [0.1, 0.15) is 39.8 Å². The summed E-state index contributed by atoms with van der Waals surface area (Å²) in [4.78, 5) is 18.6. The second kappa shape index (κ2) is 7.25. The van der Waals surface area contributed by atoms with Crippen LogP contribution in [0.3, 0.4) is 0 Å². The molecule has 0 aliphatic rings. The lowest BCUT2D eigenvalue weighted by atomic mass is 9.90. The Kier molecular flexibility index (Phi) is 5.96. The number of hydrogen-bond donors (Lipinski definition) is 0. The van der Waals surface area contributed by atoms with Crippen molar-refractivity contribution in [3.05, 3.63) is 11.1 Å². The van der Waals surface area contributed by atoms with Gasteiger partial charge in [0.25, 0.3) is 0 Å². The van der Waals surface area contributed by atoms with Crippen molar-refractivity contribution in [2.75, 3.05) is 24.6 Å². The van der Waals surface area contributed by atoms with Crippen molar-refractivity contribution in [1.82, 2.24) is 4.98 Å². The predicted octanol–water partition coefficient (Wildman–Crippen LogP) is 2.72. The number of hydrogen-bond acceptors (Lipinski definition) is 6. The summed E-state index contributed by atoms with van der Waals surface area (Å²) in [6, 6.07) is 2.14. The van der Waals surface area contributed by atoms with Gasteiger partial charge in [0.1, 0.15) is 5.41 Å². The highest BCUT2D eigenvalue weighted by Crippen LogP contribution is 2.30. The molecule has 6 heteroatoms. The van der Waals surface area contributed by atoms with E-state index in [9.17, 15) is 4.79 Å². The van der Waals surface area contributed by atoms with E-state index >= 15 is 0 Å². The first-order valence-electron chi connectivity index (χ1n) is 6.72. The normalized spacial score (nSPS) is 10.9. The summed E-state index contributed by atoms with van der Waals surface area (Å²) in [6.07, 6.45) is 0.462. The van der Waals surface area contributed by atoms with Crippen LogP contribution in [0.25, 0.3) is 0 Å². The number of aromatic nitrogens is 1. The molecule has 0 radical (unpaired) electrons. The molecule has 0 bridgehead atoms. The van der Waals surface area contributed by atoms with Gasteiger partial charge in [-0.15, -0.1) is 11.3 Å². The highest BCUT2D eigenvalue weighted by atomic mass is 32.1. The molecular weight excluding hydrogens is 274 g/mol. The number of ether oxygens (including phenoxy) is 1. The van der Waals surface area contributed by atoms with E-state index in [0.717, 1.165) is 11.7 Å². The van der Waals surface area contributed by atoms with Gasteiger partial charge in [-0.05, 0) is 27.7 Å².